The van der Waals surface area contributed by atoms with Crippen LogP contribution in [0, 0.1) is 5.82 Å². The largest absolute Gasteiger partial charge is 0.489 e. The molecule has 0 spiro atoms. The van der Waals surface area contributed by atoms with Crippen molar-refractivity contribution in [1.82, 2.24) is 4.90 Å². The van der Waals surface area contributed by atoms with Crippen LogP contribution in [0.15, 0.2) is 18.2 Å². The van der Waals surface area contributed by atoms with Gasteiger partial charge in [0.2, 0.25) is 5.91 Å². The smallest absolute Gasteiger partial charge is 0.414 e. The lowest BCUT2D eigenvalue weighted by Gasteiger charge is -2.32. The molecule has 1 N–H and O–H groups in total. The van der Waals surface area contributed by atoms with Crippen LogP contribution < -0.4 is 9.64 Å². The van der Waals surface area contributed by atoms with Crippen LogP contribution in [0.2, 0.25) is 0 Å². The van der Waals surface area contributed by atoms with Crippen molar-refractivity contribution in [3.8, 4) is 5.75 Å². The van der Waals surface area contributed by atoms with Crippen LogP contribution in [-0.2, 0) is 9.59 Å². The van der Waals surface area contributed by atoms with Crippen molar-refractivity contribution >= 4 is 23.6 Å². The lowest BCUT2D eigenvalue weighted by Crippen LogP contribution is -2.50. The van der Waals surface area contributed by atoms with Crippen molar-refractivity contribution in [2.75, 3.05) is 18.1 Å². The predicted octanol–water partition coefficient (Wildman–Crippen LogP) is 1.22. The van der Waals surface area contributed by atoms with Gasteiger partial charge >= 0.3 is 6.09 Å². The number of anilines is 1. The highest BCUT2D eigenvalue weighted by Crippen LogP contribution is 2.34. The van der Waals surface area contributed by atoms with E-state index in [0.717, 1.165) is 0 Å². The molecular weight excluding hydrogens is 295 g/mol. The van der Waals surface area contributed by atoms with Gasteiger partial charge in [0.25, 0.3) is 5.91 Å². The van der Waals surface area contributed by atoms with Gasteiger partial charge in [0.1, 0.15) is 24.2 Å². The minimum absolute atomic E-state index is 0.0172. The standard InChI is InChI=1S/C14H13FN2O5/c15-8-1-2-9-11(7-8)22-6-5-16(9)13(19)10-3-4-12(18)17(10)14(20)21/h1-2,7,10H,3-6H2,(H,20,21)/t10-/m0/s1. The van der Waals surface area contributed by atoms with Crippen LogP contribution in [0.3, 0.4) is 0 Å². The first kappa shape index (κ1) is 14.3. The van der Waals surface area contributed by atoms with Gasteiger partial charge in [0, 0.05) is 12.5 Å². The van der Waals surface area contributed by atoms with E-state index >= 15 is 0 Å². The molecule has 0 saturated carbocycles. The number of halogens is 1. The summed E-state index contributed by atoms with van der Waals surface area (Å²) in [5, 5.41) is 9.09. The fourth-order valence-corrected chi connectivity index (χ4v) is 2.76. The van der Waals surface area contributed by atoms with E-state index in [0.29, 0.717) is 10.6 Å². The maximum absolute atomic E-state index is 13.2. The third-order valence-corrected chi connectivity index (χ3v) is 3.75. The van der Waals surface area contributed by atoms with Gasteiger partial charge in [-0.3, -0.25) is 9.59 Å². The Balaban J connectivity index is 1.91. The summed E-state index contributed by atoms with van der Waals surface area (Å²) in [6, 6.07) is 2.73. The maximum Gasteiger partial charge on any atom is 0.414 e. The van der Waals surface area contributed by atoms with Crippen LogP contribution in [0.1, 0.15) is 12.8 Å². The highest BCUT2D eigenvalue weighted by Gasteiger charge is 2.43. The first-order chi connectivity index (χ1) is 10.5. The van der Waals surface area contributed by atoms with Gasteiger partial charge < -0.3 is 14.7 Å². The molecular formula is C14H13FN2O5. The second kappa shape index (κ2) is 5.28. The predicted molar refractivity (Wildman–Crippen MR) is 72.1 cm³/mol. The second-order valence-corrected chi connectivity index (χ2v) is 5.05. The van der Waals surface area contributed by atoms with Gasteiger partial charge in [-0.2, -0.15) is 0 Å². The monoisotopic (exact) mass is 308 g/mol. The van der Waals surface area contributed by atoms with E-state index < -0.39 is 29.8 Å². The van der Waals surface area contributed by atoms with E-state index in [9.17, 15) is 18.8 Å². The van der Waals surface area contributed by atoms with Crippen molar-refractivity contribution < 1.29 is 28.6 Å². The SMILES string of the molecule is O=C([C@@H]1CCC(=O)N1C(=O)O)N1CCOc2cc(F)ccc21. The quantitative estimate of drug-likeness (QED) is 0.843. The summed E-state index contributed by atoms with van der Waals surface area (Å²) in [5.41, 5.74) is 0.377. The number of fused-ring (bicyclic) bond motifs is 1. The fraction of sp³-hybridized carbons (Fsp3) is 0.357. The van der Waals surface area contributed by atoms with Crippen molar-refractivity contribution in [1.29, 1.82) is 0 Å². The highest BCUT2D eigenvalue weighted by molar-refractivity contribution is 6.06. The molecule has 2 aliphatic rings. The van der Waals surface area contributed by atoms with E-state index in [1.807, 2.05) is 0 Å². The Bertz CT molecular complexity index is 663. The number of benzene rings is 1. The summed E-state index contributed by atoms with van der Waals surface area (Å²) >= 11 is 0. The molecule has 1 fully saturated rings. The number of carbonyl (C=O) groups excluding carboxylic acids is 2. The van der Waals surface area contributed by atoms with Gasteiger partial charge in [0.15, 0.2) is 0 Å². The van der Waals surface area contributed by atoms with E-state index in [4.69, 9.17) is 9.84 Å². The number of carbonyl (C=O) groups is 3. The van der Waals surface area contributed by atoms with Gasteiger partial charge in [-0.25, -0.2) is 14.1 Å². The number of imide groups is 1. The Kier molecular flexibility index (Phi) is 3.44. The number of carboxylic acid groups (broad SMARTS) is 1. The Labute approximate surface area is 124 Å². The third-order valence-electron chi connectivity index (χ3n) is 3.75. The molecule has 0 aliphatic carbocycles. The average molecular weight is 308 g/mol. The summed E-state index contributed by atoms with van der Waals surface area (Å²) < 4.78 is 18.5. The number of hydrogen-bond donors (Lipinski definition) is 1. The summed E-state index contributed by atoms with van der Waals surface area (Å²) in [6.45, 7) is 0.394. The molecule has 1 aromatic carbocycles. The minimum Gasteiger partial charge on any atom is -0.489 e. The van der Waals surface area contributed by atoms with Gasteiger partial charge in [0.05, 0.1) is 12.2 Å². The summed E-state index contributed by atoms with van der Waals surface area (Å²) in [5.74, 6) is -1.34. The normalized spacial score (nSPS) is 20.6. The van der Waals surface area contributed by atoms with E-state index in [1.54, 1.807) is 0 Å². The molecule has 22 heavy (non-hydrogen) atoms. The summed E-state index contributed by atoms with van der Waals surface area (Å²) in [7, 11) is 0. The zero-order valence-corrected chi connectivity index (χ0v) is 11.5. The van der Waals surface area contributed by atoms with Gasteiger partial charge in [-0.15, -0.1) is 0 Å². The van der Waals surface area contributed by atoms with Crippen LogP contribution in [0.5, 0.6) is 5.75 Å². The van der Waals surface area contributed by atoms with Gasteiger partial charge in [-0.1, -0.05) is 0 Å². The molecule has 1 atom stereocenters. The third kappa shape index (κ3) is 2.26. The average Bonchev–Trinajstić information content (AvgIpc) is 2.87. The molecule has 7 nitrogen and oxygen atoms in total. The van der Waals surface area contributed by atoms with Gasteiger partial charge in [-0.05, 0) is 18.6 Å². The molecule has 8 heteroatoms. The maximum atomic E-state index is 13.2. The van der Waals surface area contributed by atoms with Crippen molar-refractivity contribution in [2.45, 2.75) is 18.9 Å². The molecule has 0 aromatic heterocycles. The summed E-state index contributed by atoms with van der Waals surface area (Å²) in [4.78, 5) is 37.3. The molecule has 2 heterocycles. The molecule has 0 radical (unpaired) electrons. The van der Waals surface area contributed by atoms with Crippen LogP contribution >= 0.6 is 0 Å². The van der Waals surface area contributed by atoms with Crippen LogP contribution in [0.25, 0.3) is 0 Å². The molecule has 1 saturated heterocycles. The number of likely N-dealkylation sites (tertiary alicyclic amines) is 1. The number of amides is 3. The minimum atomic E-state index is -1.44. The Hall–Kier alpha value is -2.64. The molecule has 3 rings (SSSR count). The number of rotatable bonds is 1. The topological polar surface area (TPSA) is 87.2 Å². The van der Waals surface area contributed by atoms with Crippen molar-refractivity contribution in [3.63, 3.8) is 0 Å². The van der Waals surface area contributed by atoms with Crippen molar-refractivity contribution in [3.05, 3.63) is 24.0 Å². The fourth-order valence-electron chi connectivity index (χ4n) is 2.76. The Morgan fingerprint density at radius 2 is 2.14 bits per heavy atom. The van der Waals surface area contributed by atoms with E-state index in [2.05, 4.69) is 0 Å². The molecule has 0 bridgehead atoms. The number of nitrogens with zero attached hydrogens (tertiary/aromatic N) is 2. The molecule has 2 aliphatic heterocycles. The lowest BCUT2D eigenvalue weighted by molar-refractivity contribution is -0.132. The lowest BCUT2D eigenvalue weighted by atomic mass is 10.1. The second-order valence-electron chi connectivity index (χ2n) is 5.05. The zero-order chi connectivity index (χ0) is 15.9. The first-order valence-corrected chi connectivity index (χ1v) is 6.78. The van der Waals surface area contributed by atoms with Crippen LogP contribution in [0.4, 0.5) is 14.9 Å². The zero-order valence-electron chi connectivity index (χ0n) is 11.5. The van der Waals surface area contributed by atoms with E-state index in [-0.39, 0.29) is 31.7 Å². The molecule has 0 unspecified atom stereocenters. The summed E-state index contributed by atoms with van der Waals surface area (Å²) in [6.07, 6.45) is -1.27. The van der Waals surface area contributed by atoms with Crippen LogP contribution in [-0.4, -0.2) is 47.1 Å². The number of hydrogen-bond acceptors (Lipinski definition) is 4. The first-order valence-electron chi connectivity index (χ1n) is 6.78. The molecule has 1 aromatic rings. The Morgan fingerprint density at radius 1 is 1.36 bits per heavy atom. The van der Waals surface area contributed by atoms with Crippen molar-refractivity contribution in [2.24, 2.45) is 0 Å². The Morgan fingerprint density at radius 3 is 2.86 bits per heavy atom. The number of ether oxygens (including phenoxy) is 1. The van der Waals surface area contributed by atoms with E-state index in [1.165, 1.54) is 23.1 Å². The molecule has 3 amide bonds. The molecule has 116 valence electrons. The highest BCUT2D eigenvalue weighted by atomic mass is 19.1.